The van der Waals surface area contributed by atoms with Gasteiger partial charge in [0.2, 0.25) is 5.78 Å². The number of carbonyl (C=O) groups excluding carboxylic acids is 4. The smallest absolute Gasteiger partial charge is 0.325 e. The van der Waals surface area contributed by atoms with Gasteiger partial charge in [-0.3, -0.25) is 19.2 Å². The average molecular weight is 356 g/mol. The molecule has 2 N–H and O–H groups in total. The van der Waals surface area contributed by atoms with Crippen LogP contribution in [0.2, 0.25) is 0 Å². The van der Waals surface area contributed by atoms with Crippen LogP contribution in [0.4, 0.5) is 0 Å². The largest absolute Gasteiger partial charge is 0.456 e. The maximum atomic E-state index is 12.2. The lowest BCUT2D eigenvalue weighted by Crippen LogP contribution is -2.31. The number of Topliss-reactive ketones (excluding diaryl/α,β-unsaturated/α-hetero) is 2. The highest BCUT2D eigenvalue weighted by molar-refractivity contribution is 6.04. The number of hydrogen-bond acceptors (Lipinski definition) is 5. The summed E-state index contributed by atoms with van der Waals surface area (Å²) in [6.07, 6.45) is 0. The minimum atomic E-state index is -0.727. The van der Waals surface area contributed by atoms with Crippen LogP contribution in [0.1, 0.15) is 49.4 Å². The highest BCUT2D eigenvalue weighted by atomic mass is 16.5. The highest BCUT2D eigenvalue weighted by Gasteiger charge is 2.20. The fourth-order valence-corrected chi connectivity index (χ4v) is 2.67. The summed E-state index contributed by atoms with van der Waals surface area (Å²) in [6, 6.07) is 8.43. The molecule has 0 aliphatic carbocycles. The Bertz CT molecular complexity index is 852. The molecule has 1 heterocycles. The van der Waals surface area contributed by atoms with Crippen LogP contribution in [0.5, 0.6) is 0 Å². The van der Waals surface area contributed by atoms with Gasteiger partial charge in [-0.25, -0.2) is 0 Å². The molecule has 26 heavy (non-hydrogen) atoms. The standard InChI is InChI=1S/C19H20N2O5/c1-11-17(13(3)22)12(2)21-18(11)15(23)10-26-16(24)9-20-19(25)14-7-5-4-6-8-14/h4-8,21H,9-10H2,1-3H3,(H,20,25). The number of benzene rings is 1. The molecular weight excluding hydrogens is 336 g/mol. The topological polar surface area (TPSA) is 105 Å². The van der Waals surface area contributed by atoms with Gasteiger partial charge in [0.15, 0.2) is 12.4 Å². The summed E-state index contributed by atoms with van der Waals surface area (Å²) in [4.78, 5) is 50.2. The van der Waals surface area contributed by atoms with Gasteiger partial charge in [-0.1, -0.05) is 18.2 Å². The van der Waals surface area contributed by atoms with Crippen molar-refractivity contribution in [1.82, 2.24) is 10.3 Å². The number of carbonyl (C=O) groups is 4. The van der Waals surface area contributed by atoms with Crippen LogP contribution in [-0.4, -0.2) is 41.6 Å². The van der Waals surface area contributed by atoms with E-state index in [2.05, 4.69) is 10.3 Å². The Morgan fingerprint density at radius 2 is 1.73 bits per heavy atom. The zero-order valence-electron chi connectivity index (χ0n) is 14.8. The molecule has 7 nitrogen and oxygen atoms in total. The van der Waals surface area contributed by atoms with Gasteiger partial charge >= 0.3 is 5.97 Å². The summed E-state index contributed by atoms with van der Waals surface area (Å²) in [7, 11) is 0. The second-order valence-electron chi connectivity index (χ2n) is 5.81. The minimum Gasteiger partial charge on any atom is -0.456 e. The van der Waals surface area contributed by atoms with E-state index in [9.17, 15) is 19.2 Å². The zero-order chi connectivity index (χ0) is 19.3. The Morgan fingerprint density at radius 1 is 1.08 bits per heavy atom. The summed E-state index contributed by atoms with van der Waals surface area (Å²) in [5, 5.41) is 2.42. The van der Waals surface area contributed by atoms with Crippen LogP contribution >= 0.6 is 0 Å². The molecule has 1 amide bonds. The van der Waals surface area contributed by atoms with Gasteiger partial charge in [-0.2, -0.15) is 0 Å². The third-order valence-corrected chi connectivity index (χ3v) is 3.86. The molecule has 0 saturated heterocycles. The normalized spacial score (nSPS) is 10.3. The average Bonchev–Trinajstić information content (AvgIpc) is 2.92. The predicted octanol–water partition coefficient (Wildman–Crippen LogP) is 1.99. The molecule has 7 heteroatoms. The number of aryl methyl sites for hydroxylation is 1. The van der Waals surface area contributed by atoms with Crippen molar-refractivity contribution in [3.8, 4) is 0 Å². The van der Waals surface area contributed by atoms with Gasteiger partial charge in [-0.15, -0.1) is 0 Å². The number of ketones is 2. The number of hydrogen-bond donors (Lipinski definition) is 2. The third kappa shape index (κ3) is 4.44. The highest BCUT2D eigenvalue weighted by Crippen LogP contribution is 2.18. The summed E-state index contributed by atoms with van der Waals surface area (Å²) >= 11 is 0. The maximum Gasteiger partial charge on any atom is 0.325 e. The molecule has 0 aliphatic rings. The molecule has 0 atom stereocenters. The lowest BCUT2D eigenvalue weighted by Gasteiger charge is -2.06. The minimum absolute atomic E-state index is 0.143. The molecule has 1 aromatic heterocycles. The fourth-order valence-electron chi connectivity index (χ4n) is 2.67. The summed E-state index contributed by atoms with van der Waals surface area (Å²) in [6.45, 7) is 3.97. The molecule has 0 bridgehead atoms. The molecule has 0 fully saturated rings. The Labute approximate surface area is 150 Å². The predicted molar refractivity (Wildman–Crippen MR) is 94.3 cm³/mol. The molecule has 0 radical (unpaired) electrons. The Kier molecular flexibility index (Phi) is 6.06. The van der Waals surface area contributed by atoms with Crippen molar-refractivity contribution < 1.29 is 23.9 Å². The Balaban J connectivity index is 1.88. The molecule has 0 aliphatic heterocycles. The molecule has 0 unspecified atom stereocenters. The van der Waals surface area contributed by atoms with E-state index < -0.39 is 24.3 Å². The lowest BCUT2D eigenvalue weighted by atomic mass is 10.1. The van der Waals surface area contributed by atoms with Gasteiger partial charge in [0.1, 0.15) is 6.54 Å². The van der Waals surface area contributed by atoms with E-state index in [1.807, 2.05) is 0 Å². The summed E-state index contributed by atoms with van der Waals surface area (Å²) in [5.74, 6) is -1.72. The zero-order valence-corrected chi connectivity index (χ0v) is 14.8. The van der Waals surface area contributed by atoms with Crippen LogP contribution in [0.3, 0.4) is 0 Å². The quantitative estimate of drug-likeness (QED) is 0.583. The van der Waals surface area contributed by atoms with Crippen molar-refractivity contribution in [1.29, 1.82) is 0 Å². The first-order chi connectivity index (χ1) is 12.3. The number of ether oxygens (including phenoxy) is 1. The van der Waals surface area contributed by atoms with Crippen molar-refractivity contribution in [3.63, 3.8) is 0 Å². The van der Waals surface area contributed by atoms with Gasteiger partial charge < -0.3 is 15.0 Å². The molecule has 0 spiro atoms. The maximum absolute atomic E-state index is 12.2. The third-order valence-electron chi connectivity index (χ3n) is 3.86. The molecule has 0 saturated carbocycles. The number of amides is 1. The van der Waals surface area contributed by atoms with Crippen molar-refractivity contribution in [2.75, 3.05) is 13.2 Å². The summed E-state index contributed by atoms with van der Waals surface area (Å²) < 4.78 is 4.90. The van der Waals surface area contributed by atoms with Gasteiger partial charge in [0, 0.05) is 16.8 Å². The first-order valence-corrected chi connectivity index (χ1v) is 8.03. The number of H-pyrrole nitrogens is 1. The number of nitrogens with one attached hydrogen (secondary N) is 2. The molecule has 2 rings (SSSR count). The first kappa shape index (κ1) is 19.1. The number of aromatic nitrogens is 1. The number of esters is 1. The van der Waals surface area contributed by atoms with Gasteiger partial charge in [-0.05, 0) is 38.5 Å². The number of rotatable bonds is 7. The Morgan fingerprint density at radius 3 is 2.31 bits per heavy atom. The van der Waals surface area contributed by atoms with E-state index in [1.165, 1.54) is 6.92 Å². The second kappa shape index (κ2) is 8.24. The fraction of sp³-hybridized carbons (Fsp3) is 0.263. The van der Waals surface area contributed by atoms with E-state index in [0.717, 1.165) is 0 Å². The lowest BCUT2D eigenvalue weighted by molar-refractivity contribution is -0.141. The van der Waals surface area contributed by atoms with Crippen molar-refractivity contribution in [2.24, 2.45) is 0 Å². The van der Waals surface area contributed by atoms with E-state index in [-0.39, 0.29) is 18.0 Å². The monoisotopic (exact) mass is 356 g/mol. The molecule has 2 aromatic rings. The van der Waals surface area contributed by atoms with Crippen molar-refractivity contribution >= 4 is 23.4 Å². The number of aromatic amines is 1. The van der Waals surface area contributed by atoms with Crippen LogP contribution in [0.15, 0.2) is 30.3 Å². The van der Waals surface area contributed by atoms with E-state index in [1.54, 1.807) is 44.2 Å². The van der Waals surface area contributed by atoms with Gasteiger partial charge in [0.05, 0.1) is 5.69 Å². The van der Waals surface area contributed by atoms with Crippen LogP contribution in [0, 0.1) is 13.8 Å². The molecule has 1 aromatic carbocycles. The van der Waals surface area contributed by atoms with E-state index in [0.29, 0.717) is 22.4 Å². The van der Waals surface area contributed by atoms with Gasteiger partial charge in [0.25, 0.3) is 5.91 Å². The van der Waals surface area contributed by atoms with E-state index >= 15 is 0 Å². The molecular formula is C19H20N2O5. The second-order valence-corrected chi connectivity index (χ2v) is 5.81. The first-order valence-electron chi connectivity index (χ1n) is 8.03. The molecule has 136 valence electrons. The SMILES string of the molecule is CC(=O)c1c(C)[nH]c(C(=O)COC(=O)CNC(=O)c2ccccc2)c1C. The van der Waals surface area contributed by atoms with Crippen molar-refractivity contribution in [3.05, 3.63) is 58.4 Å². The van der Waals surface area contributed by atoms with Crippen LogP contribution in [-0.2, 0) is 9.53 Å². The van der Waals surface area contributed by atoms with Crippen molar-refractivity contribution in [2.45, 2.75) is 20.8 Å². The Hall–Kier alpha value is -3.22. The van der Waals surface area contributed by atoms with Crippen LogP contribution < -0.4 is 5.32 Å². The summed E-state index contributed by atoms with van der Waals surface area (Å²) in [5.41, 5.74) is 2.27. The van der Waals surface area contributed by atoms with E-state index in [4.69, 9.17) is 4.74 Å². The van der Waals surface area contributed by atoms with Crippen LogP contribution in [0.25, 0.3) is 0 Å².